The van der Waals surface area contributed by atoms with Gasteiger partial charge in [0.2, 0.25) is 5.91 Å². The Morgan fingerprint density at radius 1 is 1.17 bits per heavy atom. The van der Waals surface area contributed by atoms with E-state index in [0.717, 1.165) is 29.7 Å². The molecule has 3 N–H and O–H groups in total. The van der Waals surface area contributed by atoms with Crippen LogP contribution in [0.5, 0.6) is 0 Å². The van der Waals surface area contributed by atoms with Gasteiger partial charge < -0.3 is 20.2 Å². The summed E-state index contributed by atoms with van der Waals surface area (Å²) in [6, 6.07) is 3.55. The topological polar surface area (TPSA) is 109 Å². The Kier molecular flexibility index (Phi) is 4.73. The van der Waals surface area contributed by atoms with Crippen molar-refractivity contribution in [1.82, 2.24) is 5.32 Å². The molecule has 2 amide bonds. The molecule has 0 aliphatic heterocycles. The van der Waals surface area contributed by atoms with Crippen LogP contribution in [0.3, 0.4) is 0 Å². The number of carbonyl (C=O) groups excluding carboxylic acids is 2. The summed E-state index contributed by atoms with van der Waals surface area (Å²) in [4.78, 5) is 39.0. The van der Waals surface area contributed by atoms with Gasteiger partial charge in [-0.25, -0.2) is 0 Å². The molecular weight excluding hydrogens is 404 g/mol. The number of amides is 2. The molecule has 7 nitrogen and oxygen atoms in total. The number of carboxylic acid groups (broad SMARTS) is 1. The van der Waals surface area contributed by atoms with Crippen LogP contribution in [0.4, 0.5) is 5.00 Å². The molecule has 0 saturated heterocycles. The molecule has 8 heteroatoms. The van der Waals surface area contributed by atoms with E-state index in [0.29, 0.717) is 22.7 Å². The molecule has 1 fully saturated rings. The highest BCUT2D eigenvalue weighted by molar-refractivity contribution is 7.17. The van der Waals surface area contributed by atoms with E-state index < -0.39 is 17.8 Å². The lowest BCUT2D eigenvalue weighted by molar-refractivity contribution is -0.146. The van der Waals surface area contributed by atoms with Crippen LogP contribution in [0.25, 0.3) is 0 Å². The number of thiophene rings is 1. The van der Waals surface area contributed by atoms with Crippen LogP contribution >= 0.6 is 11.3 Å². The first-order chi connectivity index (χ1) is 14.5. The third-order valence-electron chi connectivity index (χ3n) is 6.44. The molecule has 0 spiro atoms. The minimum atomic E-state index is -0.933. The molecule has 4 atom stereocenters. The lowest BCUT2D eigenvalue weighted by Gasteiger charge is -2.23. The van der Waals surface area contributed by atoms with Crippen LogP contribution in [0, 0.1) is 23.7 Å². The maximum Gasteiger partial charge on any atom is 0.307 e. The maximum atomic E-state index is 13.1. The number of hydrogen-bond acceptors (Lipinski definition) is 5. The van der Waals surface area contributed by atoms with E-state index in [1.54, 1.807) is 18.4 Å². The number of aryl methyl sites for hydroxylation is 1. The number of anilines is 1. The van der Waals surface area contributed by atoms with Crippen LogP contribution in [0.1, 0.15) is 39.4 Å². The van der Waals surface area contributed by atoms with Gasteiger partial charge in [0.15, 0.2) is 0 Å². The number of aliphatic carboxylic acids is 1. The van der Waals surface area contributed by atoms with E-state index in [9.17, 15) is 19.5 Å². The third kappa shape index (κ3) is 3.15. The summed E-state index contributed by atoms with van der Waals surface area (Å²) >= 11 is 1.44. The van der Waals surface area contributed by atoms with Crippen molar-refractivity contribution >= 4 is 34.1 Å². The van der Waals surface area contributed by atoms with Gasteiger partial charge in [-0.1, -0.05) is 12.2 Å². The smallest absolute Gasteiger partial charge is 0.307 e. The zero-order chi connectivity index (χ0) is 20.8. The van der Waals surface area contributed by atoms with Gasteiger partial charge in [-0.3, -0.25) is 14.4 Å². The normalized spacial score (nSPS) is 26.0. The van der Waals surface area contributed by atoms with Gasteiger partial charge in [0.05, 0.1) is 30.2 Å². The standard InChI is InChI=1S/C22H22N2O5S/c25-19(23-10-13-3-2-8-29-13)18-14-4-1-5-15(14)30-21(18)24-20(26)16-11-6-7-12(9-11)17(16)22(27)28/h2-3,6-8,11-12,16-17H,1,4-5,9-10H2,(H,23,25)(H,24,26)(H,27,28)/t11-,12+,16-,17+/m0/s1. The van der Waals surface area contributed by atoms with Crippen molar-refractivity contribution in [2.75, 3.05) is 5.32 Å². The number of fused-ring (bicyclic) bond motifs is 3. The summed E-state index contributed by atoms with van der Waals surface area (Å²) in [6.45, 7) is 0.266. The molecule has 2 aromatic rings. The maximum absolute atomic E-state index is 13.1. The fourth-order valence-corrected chi connectivity index (χ4v) is 6.40. The highest BCUT2D eigenvalue weighted by atomic mass is 32.1. The molecule has 2 bridgehead atoms. The van der Waals surface area contributed by atoms with Gasteiger partial charge in [-0.05, 0) is 55.2 Å². The van der Waals surface area contributed by atoms with Gasteiger partial charge >= 0.3 is 5.97 Å². The fraction of sp³-hybridized carbons (Fsp3) is 0.409. The highest BCUT2D eigenvalue weighted by Crippen LogP contribution is 2.49. The quantitative estimate of drug-likeness (QED) is 0.615. The van der Waals surface area contributed by atoms with Crippen LogP contribution in [-0.2, 0) is 29.0 Å². The second-order valence-electron chi connectivity index (χ2n) is 8.15. The molecule has 0 aromatic carbocycles. The van der Waals surface area contributed by atoms with Crippen LogP contribution < -0.4 is 10.6 Å². The summed E-state index contributed by atoms with van der Waals surface area (Å²) in [5.41, 5.74) is 1.51. The number of hydrogen-bond donors (Lipinski definition) is 3. The first-order valence-corrected chi connectivity index (χ1v) is 11.0. The van der Waals surface area contributed by atoms with E-state index in [4.69, 9.17) is 4.42 Å². The first-order valence-electron chi connectivity index (χ1n) is 10.2. The molecule has 0 radical (unpaired) electrons. The number of nitrogens with one attached hydrogen (secondary N) is 2. The van der Waals surface area contributed by atoms with E-state index in [-0.39, 0.29) is 30.2 Å². The Labute approximate surface area is 177 Å². The van der Waals surface area contributed by atoms with Crippen molar-refractivity contribution in [2.45, 2.75) is 32.2 Å². The van der Waals surface area contributed by atoms with Crippen LogP contribution in [0.15, 0.2) is 35.0 Å². The Morgan fingerprint density at radius 3 is 2.70 bits per heavy atom. The molecule has 3 aliphatic carbocycles. The molecule has 1 saturated carbocycles. The van der Waals surface area contributed by atoms with Crippen molar-refractivity contribution in [3.8, 4) is 0 Å². The average Bonchev–Trinajstić information content (AvgIpc) is 3.51. The van der Waals surface area contributed by atoms with Gasteiger partial charge in [0, 0.05) is 4.88 Å². The zero-order valence-electron chi connectivity index (χ0n) is 16.2. The van der Waals surface area contributed by atoms with E-state index in [1.165, 1.54) is 11.3 Å². The first kappa shape index (κ1) is 19.1. The predicted octanol–water partition coefficient (Wildman–Crippen LogP) is 3.22. The molecule has 30 heavy (non-hydrogen) atoms. The largest absolute Gasteiger partial charge is 0.481 e. The summed E-state index contributed by atoms with van der Waals surface area (Å²) in [5.74, 6) is -2.29. The van der Waals surface area contributed by atoms with Crippen molar-refractivity contribution in [3.05, 3.63) is 52.3 Å². The summed E-state index contributed by atoms with van der Waals surface area (Å²) in [5, 5.41) is 16.0. The number of allylic oxidation sites excluding steroid dienone is 2. The molecule has 2 heterocycles. The SMILES string of the molecule is O=C(NCc1ccco1)c1c(NC(=O)[C@@H]2[C@H](C(=O)O)[C@@H]3C=C[C@H]2C3)sc2c1CCC2. The zero-order valence-corrected chi connectivity index (χ0v) is 17.0. The monoisotopic (exact) mass is 426 g/mol. The minimum absolute atomic E-state index is 0.0564. The van der Waals surface area contributed by atoms with E-state index in [2.05, 4.69) is 10.6 Å². The van der Waals surface area contributed by atoms with Gasteiger partial charge in [0.25, 0.3) is 5.91 Å². The highest BCUT2D eigenvalue weighted by Gasteiger charge is 2.51. The second-order valence-corrected chi connectivity index (χ2v) is 9.26. The Hall–Kier alpha value is -2.87. The number of furan rings is 1. The minimum Gasteiger partial charge on any atom is -0.481 e. The Balaban J connectivity index is 1.38. The molecule has 156 valence electrons. The van der Waals surface area contributed by atoms with Gasteiger partial charge in [-0.15, -0.1) is 11.3 Å². The molecular formula is C22H22N2O5S. The van der Waals surface area contributed by atoms with Gasteiger partial charge in [-0.2, -0.15) is 0 Å². The molecule has 3 aliphatic rings. The van der Waals surface area contributed by atoms with E-state index >= 15 is 0 Å². The van der Waals surface area contributed by atoms with Crippen LogP contribution in [-0.4, -0.2) is 22.9 Å². The number of carbonyl (C=O) groups is 3. The number of rotatable bonds is 6. The summed E-state index contributed by atoms with van der Waals surface area (Å²) in [7, 11) is 0. The fourth-order valence-electron chi connectivity index (χ4n) is 5.11. The van der Waals surface area contributed by atoms with Crippen molar-refractivity contribution in [2.24, 2.45) is 23.7 Å². The summed E-state index contributed by atoms with van der Waals surface area (Å²) < 4.78 is 5.27. The Morgan fingerprint density at radius 2 is 1.97 bits per heavy atom. The molecule has 0 unspecified atom stereocenters. The predicted molar refractivity (Wildman–Crippen MR) is 110 cm³/mol. The lowest BCUT2D eigenvalue weighted by atomic mass is 9.82. The molecule has 5 rings (SSSR count). The van der Waals surface area contributed by atoms with Crippen molar-refractivity contribution in [3.63, 3.8) is 0 Å². The Bertz CT molecular complexity index is 1040. The van der Waals surface area contributed by atoms with Crippen molar-refractivity contribution < 1.29 is 23.9 Å². The van der Waals surface area contributed by atoms with Crippen LogP contribution in [0.2, 0.25) is 0 Å². The summed E-state index contributed by atoms with van der Waals surface area (Å²) in [6.07, 6.45) is 8.82. The molecule has 2 aromatic heterocycles. The van der Waals surface area contributed by atoms with Gasteiger partial charge in [0.1, 0.15) is 10.8 Å². The second kappa shape index (κ2) is 7.43. The van der Waals surface area contributed by atoms with E-state index in [1.807, 2.05) is 12.2 Å². The number of carboxylic acids is 1. The van der Waals surface area contributed by atoms with Crippen molar-refractivity contribution in [1.29, 1.82) is 0 Å². The third-order valence-corrected chi connectivity index (χ3v) is 7.64. The average molecular weight is 426 g/mol. The lowest BCUT2D eigenvalue weighted by Crippen LogP contribution is -2.36.